The number of furan rings is 1. The molecule has 15 heavy (non-hydrogen) atoms. The Balaban J connectivity index is 1.87. The van der Waals surface area contributed by atoms with E-state index in [-0.39, 0.29) is 6.61 Å². The molecule has 1 aromatic rings. The lowest BCUT2D eigenvalue weighted by molar-refractivity contribution is 0.231. The molecular formula is C12H19NO2. The van der Waals surface area contributed by atoms with Crippen LogP contribution in [0.15, 0.2) is 16.5 Å². The van der Waals surface area contributed by atoms with Crippen molar-refractivity contribution in [1.82, 2.24) is 4.90 Å². The molecule has 2 heterocycles. The van der Waals surface area contributed by atoms with Gasteiger partial charge in [-0.05, 0) is 31.0 Å². The van der Waals surface area contributed by atoms with Gasteiger partial charge in [-0.3, -0.25) is 4.90 Å². The van der Waals surface area contributed by atoms with Crippen molar-refractivity contribution in [2.24, 2.45) is 5.92 Å². The lowest BCUT2D eigenvalue weighted by Crippen LogP contribution is -2.19. The van der Waals surface area contributed by atoms with Crippen LogP contribution in [0.4, 0.5) is 0 Å². The summed E-state index contributed by atoms with van der Waals surface area (Å²) in [4.78, 5) is 2.42. The maximum atomic E-state index is 8.88. The van der Waals surface area contributed by atoms with Crippen LogP contribution in [-0.4, -0.2) is 23.1 Å². The monoisotopic (exact) mass is 209 g/mol. The minimum atomic E-state index is -0.00240. The van der Waals surface area contributed by atoms with Crippen LogP contribution < -0.4 is 0 Å². The van der Waals surface area contributed by atoms with Crippen molar-refractivity contribution in [3.05, 3.63) is 23.7 Å². The highest BCUT2D eigenvalue weighted by Crippen LogP contribution is 2.21. The van der Waals surface area contributed by atoms with E-state index in [2.05, 4.69) is 11.8 Å². The predicted molar refractivity (Wildman–Crippen MR) is 58.3 cm³/mol. The van der Waals surface area contributed by atoms with Crippen molar-refractivity contribution >= 4 is 0 Å². The van der Waals surface area contributed by atoms with Crippen LogP contribution in [0.25, 0.3) is 0 Å². The molecule has 1 saturated heterocycles. The molecule has 1 aliphatic rings. The number of aliphatic hydroxyl groups is 1. The summed E-state index contributed by atoms with van der Waals surface area (Å²) in [6.45, 7) is 5.50. The van der Waals surface area contributed by atoms with Gasteiger partial charge in [0.05, 0.1) is 6.54 Å². The highest BCUT2D eigenvalue weighted by Gasteiger charge is 2.21. The van der Waals surface area contributed by atoms with Crippen LogP contribution in [0.3, 0.4) is 0 Å². The van der Waals surface area contributed by atoms with E-state index in [1.807, 2.05) is 12.1 Å². The quantitative estimate of drug-likeness (QED) is 0.824. The fourth-order valence-electron chi connectivity index (χ4n) is 2.20. The first-order valence-electron chi connectivity index (χ1n) is 5.72. The van der Waals surface area contributed by atoms with Gasteiger partial charge in [0.25, 0.3) is 0 Å². The van der Waals surface area contributed by atoms with Crippen LogP contribution in [0.5, 0.6) is 0 Å². The molecule has 1 fully saturated rings. The van der Waals surface area contributed by atoms with Gasteiger partial charge >= 0.3 is 0 Å². The van der Waals surface area contributed by atoms with Crippen molar-refractivity contribution < 1.29 is 9.52 Å². The highest BCUT2D eigenvalue weighted by molar-refractivity contribution is 5.06. The van der Waals surface area contributed by atoms with Crippen LogP contribution in [0, 0.1) is 5.92 Å². The fourth-order valence-corrected chi connectivity index (χ4v) is 2.20. The van der Waals surface area contributed by atoms with Gasteiger partial charge in [0.2, 0.25) is 0 Å². The summed E-state index contributed by atoms with van der Waals surface area (Å²) < 4.78 is 5.47. The number of likely N-dealkylation sites (tertiary alicyclic amines) is 1. The normalized spacial score (nSPS) is 22.4. The van der Waals surface area contributed by atoms with Gasteiger partial charge in [0, 0.05) is 6.54 Å². The maximum Gasteiger partial charge on any atom is 0.129 e. The summed E-state index contributed by atoms with van der Waals surface area (Å²) in [6.07, 6.45) is 2.58. The molecule has 1 N–H and O–H groups in total. The molecule has 0 amide bonds. The van der Waals surface area contributed by atoms with Crippen LogP contribution >= 0.6 is 0 Å². The molecule has 0 aliphatic carbocycles. The number of nitrogens with zero attached hydrogens (tertiary/aromatic N) is 1. The Kier molecular flexibility index (Phi) is 3.44. The van der Waals surface area contributed by atoms with Crippen molar-refractivity contribution in [3.63, 3.8) is 0 Å². The smallest absolute Gasteiger partial charge is 0.129 e. The molecule has 0 aromatic carbocycles. The Morgan fingerprint density at radius 2 is 2.27 bits per heavy atom. The minimum Gasteiger partial charge on any atom is -0.462 e. The molecule has 3 heteroatoms. The lowest BCUT2D eigenvalue weighted by atomic mass is 10.1. The van der Waals surface area contributed by atoms with Crippen molar-refractivity contribution in [2.45, 2.75) is 32.9 Å². The molecule has 0 bridgehead atoms. The van der Waals surface area contributed by atoms with Gasteiger partial charge in [-0.25, -0.2) is 0 Å². The second kappa shape index (κ2) is 4.81. The van der Waals surface area contributed by atoms with Crippen LogP contribution in [-0.2, 0) is 13.2 Å². The summed E-state index contributed by atoms with van der Waals surface area (Å²) in [5, 5.41) is 8.88. The molecule has 0 radical (unpaired) electrons. The standard InChI is InChI=1S/C12H19NO2/c1-2-10-5-6-13(7-10)8-11-3-4-12(9-14)15-11/h3-4,10,14H,2,5-9H2,1H3. The molecule has 1 aromatic heterocycles. The SMILES string of the molecule is CCC1CCN(Cc2ccc(CO)o2)C1. The van der Waals surface area contributed by atoms with Crippen LogP contribution in [0.2, 0.25) is 0 Å². The predicted octanol–water partition coefficient (Wildman–Crippen LogP) is 2.00. The van der Waals surface area contributed by atoms with Gasteiger partial charge in [-0.1, -0.05) is 13.3 Å². The van der Waals surface area contributed by atoms with Gasteiger partial charge in [0.1, 0.15) is 18.1 Å². The summed E-state index contributed by atoms with van der Waals surface area (Å²) >= 11 is 0. The molecule has 0 spiro atoms. The molecule has 3 nitrogen and oxygen atoms in total. The molecule has 84 valence electrons. The van der Waals surface area contributed by atoms with E-state index >= 15 is 0 Å². The van der Waals surface area contributed by atoms with E-state index in [0.717, 1.165) is 18.2 Å². The largest absolute Gasteiger partial charge is 0.462 e. The lowest BCUT2D eigenvalue weighted by Gasteiger charge is -2.13. The maximum absolute atomic E-state index is 8.88. The van der Waals surface area contributed by atoms with Crippen molar-refractivity contribution in [3.8, 4) is 0 Å². The zero-order valence-electron chi connectivity index (χ0n) is 9.28. The molecule has 1 unspecified atom stereocenters. The molecule has 1 aliphatic heterocycles. The number of aliphatic hydroxyl groups excluding tert-OH is 1. The van der Waals surface area contributed by atoms with E-state index in [1.165, 1.54) is 25.9 Å². The third-order valence-corrected chi connectivity index (χ3v) is 3.20. The Hall–Kier alpha value is -0.800. The van der Waals surface area contributed by atoms with Gasteiger partial charge < -0.3 is 9.52 Å². The molecule has 0 saturated carbocycles. The van der Waals surface area contributed by atoms with E-state index < -0.39 is 0 Å². The van der Waals surface area contributed by atoms with Gasteiger partial charge in [-0.2, -0.15) is 0 Å². The molecule has 2 rings (SSSR count). The first-order valence-corrected chi connectivity index (χ1v) is 5.72. The Morgan fingerprint density at radius 1 is 1.47 bits per heavy atom. The first-order chi connectivity index (χ1) is 7.31. The topological polar surface area (TPSA) is 36.6 Å². The third kappa shape index (κ3) is 2.61. The Labute approximate surface area is 90.7 Å². The molecular weight excluding hydrogens is 190 g/mol. The van der Waals surface area contributed by atoms with Crippen LogP contribution in [0.1, 0.15) is 31.3 Å². The number of rotatable bonds is 4. The summed E-state index contributed by atoms with van der Waals surface area (Å²) in [6, 6.07) is 3.81. The second-order valence-electron chi connectivity index (χ2n) is 4.32. The number of hydrogen-bond acceptors (Lipinski definition) is 3. The Bertz CT molecular complexity index is 308. The highest BCUT2D eigenvalue weighted by atomic mass is 16.4. The van der Waals surface area contributed by atoms with Crippen molar-refractivity contribution in [1.29, 1.82) is 0 Å². The average Bonchev–Trinajstić information content (AvgIpc) is 2.87. The Morgan fingerprint density at radius 3 is 2.87 bits per heavy atom. The summed E-state index contributed by atoms with van der Waals surface area (Å²) in [5.41, 5.74) is 0. The van der Waals surface area contributed by atoms with E-state index in [9.17, 15) is 0 Å². The minimum absolute atomic E-state index is 0.00240. The zero-order valence-corrected chi connectivity index (χ0v) is 9.28. The van der Waals surface area contributed by atoms with Gasteiger partial charge in [-0.15, -0.1) is 0 Å². The summed E-state index contributed by atoms with van der Waals surface area (Å²) in [5.74, 6) is 2.49. The summed E-state index contributed by atoms with van der Waals surface area (Å²) in [7, 11) is 0. The zero-order chi connectivity index (χ0) is 10.7. The molecule has 1 atom stereocenters. The second-order valence-corrected chi connectivity index (χ2v) is 4.32. The number of hydrogen-bond donors (Lipinski definition) is 1. The van der Waals surface area contributed by atoms with E-state index in [0.29, 0.717) is 5.76 Å². The fraction of sp³-hybridized carbons (Fsp3) is 0.667. The van der Waals surface area contributed by atoms with E-state index in [1.54, 1.807) is 0 Å². The first kappa shape index (κ1) is 10.7. The third-order valence-electron chi connectivity index (χ3n) is 3.20. The average molecular weight is 209 g/mol. The van der Waals surface area contributed by atoms with Crippen molar-refractivity contribution in [2.75, 3.05) is 13.1 Å². The van der Waals surface area contributed by atoms with Gasteiger partial charge in [0.15, 0.2) is 0 Å². The van der Waals surface area contributed by atoms with E-state index in [4.69, 9.17) is 9.52 Å².